The van der Waals surface area contributed by atoms with Gasteiger partial charge in [0.25, 0.3) is 10.0 Å². The van der Waals surface area contributed by atoms with Crippen LogP contribution in [0.25, 0.3) is 0 Å². The van der Waals surface area contributed by atoms with Crippen molar-refractivity contribution in [1.29, 1.82) is 0 Å². The second kappa shape index (κ2) is 5.76. The number of anilines is 1. The Morgan fingerprint density at radius 3 is 2.65 bits per heavy atom. The molecule has 0 spiro atoms. The first kappa shape index (κ1) is 14.7. The minimum atomic E-state index is -3.88. The lowest BCUT2D eigenvalue weighted by molar-refractivity contribution is 0.591. The minimum absolute atomic E-state index is 0.104. The van der Waals surface area contributed by atoms with E-state index in [0.717, 1.165) is 10.4 Å². The maximum absolute atomic E-state index is 13.3. The number of aromatic nitrogens is 1. The van der Waals surface area contributed by atoms with Gasteiger partial charge in [0.15, 0.2) is 0 Å². The first-order valence-corrected chi connectivity index (χ1v) is 7.67. The molecule has 1 aromatic carbocycles. The van der Waals surface area contributed by atoms with Crippen molar-refractivity contribution < 1.29 is 12.8 Å². The molecule has 20 heavy (non-hydrogen) atoms. The van der Waals surface area contributed by atoms with E-state index in [1.54, 1.807) is 6.92 Å². The summed E-state index contributed by atoms with van der Waals surface area (Å²) in [6.45, 7) is 1.81. The lowest BCUT2D eigenvalue weighted by Gasteiger charge is -2.23. The van der Waals surface area contributed by atoms with Gasteiger partial charge in [-0.15, -0.1) is 0 Å². The van der Waals surface area contributed by atoms with Crippen molar-refractivity contribution in [1.82, 2.24) is 4.98 Å². The SMILES string of the molecule is CCN(c1cccc(F)c1)S(=O)(=O)c1cccnc1Cl. The monoisotopic (exact) mass is 314 g/mol. The summed E-state index contributed by atoms with van der Waals surface area (Å²) >= 11 is 5.84. The largest absolute Gasteiger partial charge is 0.267 e. The molecule has 0 aliphatic rings. The summed E-state index contributed by atoms with van der Waals surface area (Å²) in [7, 11) is -3.88. The van der Waals surface area contributed by atoms with Gasteiger partial charge in [0.2, 0.25) is 0 Å². The van der Waals surface area contributed by atoms with Gasteiger partial charge in [0.1, 0.15) is 15.9 Å². The molecular weight excluding hydrogens is 303 g/mol. The van der Waals surface area contributed by atoms with Gasteiger partial charge < -0.3 is 0 Å². The van der Waals surface area contributed by atoms with Gasteiger partial charge in [-0.1, -0.05) is 17.7 Å². The van der Waals surface area contributed by atoms with Crippen molar-refractivity contribution in [2.45, 2.75) is 11.8 Å². The molecular formula is C13H12ClFN2O2S. The van der Waals surface area contributed by atoms with Crippen LogP contribution in [0, 0.1) is 5.82 Å². The number of sulfonamides is 1. The molecule has 106 valence electrons. The number of rotatable bonds is 4. The molecule has 0 saturated heterocycles. The zero-order chi connectivity index (χ0) is 14.8. The molecule has 7 heteroatoms. The summed E-state index contributed by atoms with van der Waals surface area (Å²) in [6.07, 6.45) is 1.40. The van der Waals surface area contributed by atoms with Crippen molar-refractivity contribution in [3.63, 3.8) is 0 Å². The smallest absolute Gasteiger partial charge is 0.266 e. The molecule has 0 saturated carbocycles. The molecule has 0 bridgehead atoms. The molecule has 0 aliphatic carbocycles. The second-order valence-corrected chi connectivity index (χ2v) is 6.13. The topological polar surface area (TPSA) is 50.3 Å². The summed E-state index contributed by atoms with van der Waals surface area (Å²) < 4.78 is 39.5. The zero-order valence-electron chi connectivity index (χ0n) is 10.6. The Morgan fingerprint density at radius 2 is 2.05 bits per heavy atom. The summed E-state index contributed by atoms with van der Waals surface area (Å²) in [5, 5.41) is -0.109. The van der Waals surface area contributed by atoms with Gasteiger partial charge >= 0.3 is 0 Å². The molecule has 1 heterocycles. The number of hydrogen-bond donors (Lipinski definition) is 0. The normalized spacial score (nSPS) is 11.3. The molecule has 0 radical (unpaired) electrons. The highest BCUT2D eigenvalue weighted by Crippen LogP contribution is 2.27. The average molecular weight is 315 g/mol. The maximum Gasteiger partial charge on any atom is 0.267 e. The standard InChI is InChI=1S/C13H12ClFN2O2S/c1-2-17(11-6-3-5-10(15)9-11)20(18,19)12-7-4-8-16-13(12)14/h3-9H,2H2,1H3. The van der Waals surface area contributed by atoms with Gasteiger partial charge in [0, 0.05) is 12.7 Å². The van der Waals surface area contributed by atoms with E-state index in [-0.39, 0.29) is 22.3 Å². The molecule has 0 fully saturated rings. The molecule has 0 atom stereocenters. The molecule has 0 aliphatic heterocycles. The van der Waals surface area contributed by atoms with E-state index >= 15 is 0 Å². The van der Waals surface area contributed by atoms with Crippen LogP contribution in [0.15, 0.2) is 47.5 Å². The third kappa shape index (κ3) is 2.76. The van der Waals surface area contributed by atoms with Crippen molar-refractivity contribution in [2.24, 2.45) is 0 Å². The maximum atomic E-state index is 13.3. The Labute approximate surface area is 121 Å². The van der Waals surface area contributed by atoms with Crippen molar-refractivity contribution >= 4 is 27.3 Å². The van der Waals surface area contributed by atoms with E-state index in [1.807, 2.05) is 0 Å². The van der Waals surface area contributed by atoms with Crippen molar-refractivity contribution in [3.8, 4) is 0 Å². The third-order valence-electron chi connectivity index (χ3n) is 2.68. The lowest BCUT2D eigenvalue weighted by atomic mass is 10.3. The molecule has 2 aromatic rings. The van der Waals surface area contributed by atoms with Crippen LogP contribution in [0.2, 0.25) is 5.15 Å². The van der Waals surface area contributed by atoms with Crippen LogP contribution in [0.1, 0.15) is 6.92 Å². The summed E-state index contributed by atoms with van der Waals surface area (Å²) in [6, 6.07) is 8.24. The third-order valence-corrected chi connectivity index (χ3v) is 5.02. The van der Waals surface area contributed by atoms with Gasteiger partial charge in [-0.3, -0.25) is 4.31 Å². The van der Waals surface area contributed by atoms with Gasteiger partial charge in [0.05, 0.1) is 5.69 Å². The lowest BCUT2D eigenvalue weighted by Crippen LogP contribution is -2.31. The van der Waals surface area contributed by atoms with Crippen molar-refractivity contribution in [3.05, 3.63) is 53.6 Å². The van der Waals surface area contributed by atoms with E-state index in [1.165, 1.54) is 36.5 Å². The molecule has 4 nitrogen and oxygen atoms in total. The highest BCUT2D eigenvalue weighted by Gasteiger charge is 2.26. The van der Waals surface area contributed by atoms with Gasteiger partial charge in [-0.05, 0) is 37.3 Å². The second-order valence-electron chi connectivity index (χ2n) is 3.94. The number of benzene rings is 1. The number of hydrogen-bond acceptors (Lipinski definition) is 3. The first-order chi connectivity index (χ1) is 9.46. The molecule has 0 N–H and O–H groups in total. The van der Waals surface area contributed by atoms with E-state index in [2.05, 4.69) is 4.98 Å². The predicted molar refractivity (Wildman–Crippen MR) is 75.9 cm³/mol. The summed E-state index contributed by atoms with van der Waals surface area (Å²) in [5.41, 5.74) is 0.243. The first-order valence-electron chi connectivity index (χ1n) is 5.85. The Bertz CT molecular complexity index is 722. The van der Waals surface area contributed by atoms with Gasteiger partial charge in [-0.25, -0.2) is 17.8 Å². The van der Waals surface area contributed by atoms with E-state index in [9.17, 15) is 12.8 Å². The minimum Gasteiger partial charge on any atom is -0.266 e. The van der Waals surface area contributed by atoms with E-state index < -0.39 is 15.8 Å². The number of nitrogens with zero attached hydrogens (tertiary/aromatic N) is 2. The van der Waals surface area contributed by atoms with Crippen LogP contribution >= 0.6 is 11.6 Å². The quantitative estimate of drug-likeness (QED) is 0.815. The average Bonchev–Trinajstić information content (AvgIpc) is 2.39. The fraction of sp³-hybridized carbons (Fsp3) is 0.154. The van der Waals surface area contributed by atoms with Crippen LogP contribution in [0.5, 0.6) is 0 Å². The zero-order valence-corrected chi connectivity index (χ0v) is 12.2. The summed E-state index contributed by atoms with van der Waals surface area (Å²) in [4.78, 5) is 3.65. The Kier molecular flexibility index (Phi) is 4.25. The Hall–Kier alpha value is -1.66. The molecule has 2 rings (SSSR count). The molecule has 1 aromatic heterocycles. The number of pyridine rings is 1. The van der Waals surface area contributed by atoms with Crippen LogP contribution in [-0.2, 0) is 10.0 Å². The van der Waals surface area contributed by atoms with Crippen LogP contribution in [-0.4, -0.2) is 19.9 Å². The fourth-order valence-electron chi connectivity index (χ4n) is 1.80. The number of halogens is 2. The van der Waals surface area contributed by atoms with E-state index in [4.69, 9.17) is 11.6 Å². The van der Waals surface area contributed by atoms with Crippen LogP contribution < -0.4 is 4.31 Å². The van der Waals surface area contributed by atoms with Crippen LogP contribution in [0.3, 0.4) is 0 Å². The highest BCUT2D eigenvalue weighted by molar-refractivity contribution is 7.93. The fourth-order valence-corrected chi connectivity index (χ4v) is 3.70. The van der Waals surface area contributed by atoms with E-state index in [0.29, 0.717) is 0 Å². The highest BCUT2D eigenvalue weighted by atomic mass is 35.5. The molecule has 0 unspecified atom stereocenters. The summed E-state index contributed by atoms with van der Waals surface area (Å²) in [5.74, 6) is -0.506. The Balaban J connectivity index is 2.54. The van der Waals surface area contributed by atoms with Gasteiger partial charge in [-0.2, -0.15) is 0 Å². The Morgan fingerprint density at radius 1 is 1.30 bits per heavy atom. The van der Waals surface area contributed by atoms with Crippen LogP contribution in [0.4, 0.5) is 10.1 Å². The molecule has 0 amide bonds. The predicted octanol–water partition coefficient (Wildman–Crippen LogP) is 3.09. The van der Waals surface area contributed by atoms with Crippen molar-refractivity contribution in [2.75, 3.05) is 10.8 Å².